The number of sulfone groups is 1. The van der Waals surface area contributed by atoms with Crippen molar-refractivity contribution in [3.8, 4) is 0 Å². The molecule has 0 radical (unpaired) electrons. The van der Waals surface area contributed by atoms with E-state index in [9.17, 15) is 17.6 Å². The number of carbonyl (C=O) groups is 1. The van der Waals surface area contributed by atoms with Crippen molar-refractivity contribution in [2.24, 2.45) is 5.92 Å². The third-order valence-corrected chi connectivity index (χ3v) is 6.36. The molecule has 4 nitrogen and oxygen atoms in total. The summed E-state index contributed by atoms with van der Waals surface area (Å²) in [5.41, 5.74) is 1.78. The highest BCUT2D eigenvalue weighted by Gasteiger charge is 2.24. The van der Waals surface area contributed by atoms with Gasteiger partial charge in [0.2, 0.25) is 5.91 Å². The monoisotopic (exact) mass is 389 g/mol. The van der Waals surface area contributed by atoms with E-state index in [1.165, 1.54) is 18.4 Å². The van der Waals surface area contributed by atoms with Crippen molar-refractivity contribution in [1.29, 1.82) is 0 Å². The number of amides is 1. The molecule has 0 spiro atoms. The number of hydrogen-bond donors (Lipinski definition) is 1. The Morgan fingerprint density at radius 1 is 1.00 bits per heavy atom. The zero-order valence-electron chi connectivity index (χ0n) is 15.3. The fourth-order valence-electron chi connectivity index (χ4n) is 3.69. The molecule has 1 amide bonds. The summed E-state index contributed by atoms with van der Waals surface area (Å²) in [5, 5.41) is 2.82. The molecule has 0 aliphatic heterocycles. The molecule has 0 atom stereocenters. The number of halogens is 1. The maximum absolute atomic E-state index is 12.9. The summed E-state index contributed by atoms with van der Waals surface area (Å²) in [4.78, 5) is 12.5. The molecule has 2 aromatic rings. The van der Waals surface area contributed by atoms with Crippen molar-refractivity contribution in [3.05, 3.63) is 59.9 Å². The Balaban J connectivity index is 1.50. The van der Waals surface area contributed by atoms with Crippen molar-refractivity contribution in [2.45, 2.75) is 42.9 Å². The van der Waals surface area contributed by atoms with Gasteiger partial charge in [0.25, 0.3) is 0 Å². The van der Waals surface area contributed by atoms with Crippen LogP contribution in [0.1, 0.15) is 43.6 Å². The highest BCUT2D eigenvalue weighted by Crippen LogP contribution is 2.37. The van der Waals surface area contributed by atoms with Crippen LogP contribution in [-0.2, 0) is 14.6 Å². The lowest BCUT2D eigenvalue weighted by Gasteiger charge is -2.28. The average molecular weight is 389 g/mol. The fraction of sp³-hybridized carbons (Fsp3) is 0.381. The molecule has 1 aliphatic carbocycles. The molecule has 6 heteroatoms. The zero-order chi connectivity index (χ0) is 19.4. The molecule has 1 aliphatic rings. The molecule has 0 saturated heterocycles. The van der Waals surface area contributed by atoms with E-state index in [1.54, 1.807) is 24.3 Å². The molecule has 1 fully saturated rings. The number of nitrogens with one attached hydrogen (secondary N) is 1. The fourth-order valence-corrected chi connectivity index (χ4v) is 4.32. The minimum absolute atomic E-state index is 0.0393. The second-order valence-corrected chi connectivity index (χ2v) is 9.33. The second-order valence-electron chi connectivity index (χ2n) is 7.32. The highest BCUT2D eigenvalue weighted by molar-refractivity contribution is 7.90. The van der Waals surface area contributed by atoms with E-state index < -0.39 is 9.84 Å². The minimum Gasteiger partial charge on any atom is -0.326 e. The second kappa shape index (κ2) is 8.21. The molecule has 0 aromatic heterocycles. The van der Waals surface area contributed by atoms with Crippen LogP contribution in [0.5, 0.6) is 0 Å². The van der Waals surface area contributed by atoms with Gasteiger partial charge in [0.15, 0.2) is 9.84 Å². The minimum atomic E-state index is -3.17. The van der Waals surface area contributed by atoms with Crippen molar-refractivity contribution < 1.29 is 17.6 Å². The third kappa shape index (κ3) is 5.39. The van der Waals surface area contributed by atoms with Gasteiger partial charge >= 0.3 is 0 Å². The van der Waals surface area contributed by atoms with Gasteiger partial charge in [-0.05, 0) is 79.5 Å². The average Bonchev–Trinajstić information content (AvgIpc) is 2.64. The predicted octanol–water partition coefficient (Wildman–Crippen LogP) is 4.53. The van der Waals surface area contributed by atoms with Crippen LogP contribution in [-0.4, -0.2) is 20.6 Å². The number of carbonyl (C=O) groups excluding carboxylic acids is 1. The van der Waals surface area contributed by atoms with Gasteiger partial charge in [-0.25, -0.2) is 12.8 Å². The standard InChI is InChI=1S/C21H24FNO3S/c1-27(25,26)20-12-6-17(7-13-20)16-4-2-15(3-5-16)14-21(24)23-19-10-8-18(22)9-11-19/h6-13,15-16H,2-5,14H2,1H3,(H,23,24)/t15-,16-. The van der Waals surface area contributed by atoms with Gasteiger partial charge in [-0.15, -0.1) is 0 Å². The molecule has 0 bridgehead atoms. The Bertz CT molecular complexity index is 884. The Hall–Kier alpha value is -2.21. The summed E-state index contributed by atoms with van der Waals surface area (Å²) < 4.78 is 36.0. The van der Waals surface area contributed by atoms with Crippen LogP contribution in [0.3, 0.4) is 0 Å². The van der Waals surface area contributed by atoms with E-state index in [0.29, 0.717) is 28.8 Å². The van der Waals surface area contributed by atoms with E-state index in [0.717, 1.165) is 31.2 Å². The topological polar surface area (TPSA) is 63.2 Å². The van der Waals surface area contributed by atoms with E-state index in [-0.39, 0.29) is 11.7 Å². The van der Waals surface area contributed by atoms with Crippen LogP contribution >= 0.6 is 0 Å². The molecule has 144 valence electrons. The summed E-state index contributed by atoms with van der Waals surface area (Å²) in [5.74, 6) is 0.394. The van der Waals surface area contributed by atoms with Gasteiger partial charge in [0, 0.05) is 18.4 Å². The van der Waals surface area contributed by atoms with E-state index >= 15 is 0 Å². The zero-order valence-corrected chi connectivity index (χ0v) is 16.1. The molecule has 1 saturated carbocycles. The quantitative estimate of drug-likeness (QED) is 0.817. The van der Waals surface area contributed by atoms with Crippen LogP contribution in [0.25, 0.3) is 0 Å². The maximum atomic E-state index is 12.9. The lowest BCUT2D eigenvalue weighted by Crippen LogP contribution is -2.20. The number of benzene rings is 2. The predicted molar refractivity (Wildman–Crippen MR) is 104 cm³/mol. The molecule has 2 aromatic carbocycles. The summed E-state index contributed by atoms with van der Waals surface area (Å²) in [7, 11) is -3.17. The largest absolute Gasteiger partial charge is 0.326 e. The summed E-state index contributed by atoms with van der Waals surface area (Å²) in [6, 6.07) is 12.9. The van der Waals surface area contributed by atoms with Crippen molar-refractivity contribution >= 4 is 21.4 Å². The van der Waals surface area contributed by atoms with E-state index in [4.69, 9.17) is 0 Å². The summed E-state index contributed by atoms with van der Waals surface area (Å²) in [6.07, 6.45) is 5.60. The van der Waals surface area contributed by atoms with Gasteiger partial charge < -0.3 is 5.32 Å². The first-order valence-corrected chi connectivity index (χ1v) is 11.1. The first kappa shape index (κ1) is 19.5. The van der Waals surface area contributed by atoms with Gasteiger partial charge in [0.1, 0.15) is 5.82 Å². The summed E-state index contributed by atoms with van der Waals surface area (Å²) in [6.45, 7) is 0. The first-order chi connectivity index (χ1) is 12.8. The van der Waals surface area contributed by atoms with Crippen molar-refractivity contribution in [1.82, 2.24) is 0 Å². The molecular weight excluding hydrogens is 365 g/mol. The van der Waals surface area contributed by atoms with Gasteiger partial charge in [-0.3, -0.25) is 4.79 Å². The molecule has 27 heavy (non-hydrogen) atoms. The molecule has 0 unspecified atom stereocenters. The normalized spacial score (nSPS) is 20.2. The van der Waals surface area contributed by atoms with Gasteiger partial charge in [-0.2, -0.15) is 0 Å². The summed E-state index contributed by atoms with van der Waals surface area (Å²) >= 11 is 0. The lowest BCUT2D eigenvalue weighted by atomic mass is 9.77. The SMILES string of the molecule is CS(=O)(=O)c1ccc([C@H]2CC[C@H](CC(=O)Nc3ccc(F)cc3)CC2)cc1. The molecular formula is C21H24FNO3S. The van der Waals surface area contributed by atoms with Crippen LogP contribution in [0.2, 0.25) is 0 Å². The van der Waals surface area contributed by atoms with Crippen LogP contribution in [0.15, 0.2) is 53.4 Å². The Morgan fingerprint density at radius 3 is 2.15 bits per heavy atom. The van der Waals surface area contributed by atoms with Crippen molar-refractivity contribution in [3.63, 3.8) is 0 Å². The number of rotatable bonds is 5. The smallest absolute Gasteiger partial charge is 0.224 e. The van der Waals surface area contributed by atoms with Crippen LogP contribution in [0, 0.1) is 11.7 Å². The Labute approximate surface area is 159 Å². The van der Waals surface area contributed by atoms with Crippen molar-refractivity contribution in [2.75, 3.05) is 11.6 Å². The molecule has 1 N–H and O–H groups in total. The van der Waals surface area contributed by atoms with Crippen LogP contribution < -0.4 is 5.32 Å². The molecule has 3 rings (SSSR count). The number of hydrogen-bond acceptors (Lipinski definition) is 3. The first-order valence-electron chi connectivity index (χ1n) is 9.17. The van der Waals surface area contributed by atoms with Crippen LogP contribution in [0.4, 0.5) is 10.1 Å². The molecule has 0 heterocycles. The lowest BCUT2D eigenvalue weighted by molar-refractivity contribution is -0.117. The van der Waals surface area contributed by atoms with E-state index in [2.05, 4.69) is 5.32 Å². The highest BCUT2D eigenvalue weighted by atomic mass is 32.2. The number of anilines is 1. The Morgan fingerprint density at radius 2 is 1.59 bits per heavy atom. The van der Waals surface area contributed by atoms with E-state index in [1.807, 2.05) is 12.1 Å². The third-order valence-electron chi connectivity index (χ3n) is 5.23. The maximum Gasteiger partial charge on any atom is 0.224 e. The van der Waals surface area contributed by atoms with Gasteiger partial charge in [0.05, 0.1) is 4.90 Å². The Kier molecular flexibility index (Phi) is 5.95. The van der Waals surface area contributed by atoms with Gasteiger partial charge in [-0.1, -0.05) is 12.1 Å².